The number of fused-ring (bicyclic) bond motifs is 5. The van der Waals surface area contributed by atoms with Crippen molar-refractivity contribution in [1.29, 1.82) is 0 Å². The van der Waals surface area contributed by atoms with Crippen molar-refractivity contribution in [1.82, 2.24) is 30.1 Å². The minimum Gasteiger partial charge on any atom is -0.508 e. The number of hydrogen-bond donors (Lipinski definition) is 2. The fraction of sp³-hybridized carbons (Fsp3) is 0.500. The molecule has 0 radical (unpaired) electrons. The van der Waals surface area contributed by atoms with E-state index in [0.717, 1.165) is 58.4 Å². The molecule has 0 aliphatic carbocycles. The van der Waals surface area contributed by atoms with Gasteiger partial charge in [0.05, 0.1) is 10.9 Å². The lowest BCUT2D eigenvalue weighted by Gasteiger charge is -2.41. The number of nitrogens with one attached hydrogen (secondary N) is 1. The van der Waals surface area contributed by atoms with E-state index in [1.54, 1.807) is 18.3 Å². The van der Waals surface area contributed by atoms with E-state index in [2.05, 4.69) is 30.0 Å². The number of phenolic OH excluding ortho intramolecular Hbond substituents is 1. The molecule has 2 bridgehead atoms. The van der Waals surface area contributed by atoms with Crippen molar-refractivity contribution >= 4 is 27.5 Å². The van der Waals surface area contributed by atoms with E-state index in [1.165, 1.54) is 18.2 Å². The largest absolute Gasteiger partial charge is 0.508 e. The molecule has 5 aliphatic rings. The third-order valence-corrected chi connectivity index (χ3v) is 10.9. The first-order valence-corrected chi connectivity index (χ1v) is 16.4. The first-order chi connectivity index (χ1) is 22.3. The van der Waals surface area contributed by atoms with Crippen molar-refractivity contribution in [3.63, 3.8) is 0 Å². The summed E-state index contributed by atoms with van der Waals surface area (Å²) in [4.78, 5) is 20.9. The van der Waals surface area contributed by atoms with Crippen LogP contribution in [0, 0.1) is 11.6 Å². The van der Waals surface area contributed by atoms with Gasteiger partial charge in [-0.05, 0) is 55.8 Å². The minimum atomic E-state index is -0.904. The van der Waals surface area contributed by atoms with Gasteiger partial charge in [-0.3, -0.25) is 14.8 Å². The molecule has 5 aliphatic heterocycles. The quantitative estimate of drug-likeness (QED) is 0.288. The number of benzene rings is 2. The monoisotopic (exact) mass is 631 g/mol. The van der Waals surface area contributed by atoms with Crippen LogP contribution in [0.25, 0.3) is 32.9 Å². The second kappa shape index (κ2) is 10.6. The second-order valence-corrected chi connectivity index (χ2v) is 13.8. The summed E-state index contributed by atoms with van der Waals surface area (Å²) in [5.41, 5.74) is -0.381. The number of hydrogen-bond acceptors (Lipinski definition) is 9. The Bertz CT molecular complexity index is 1840. The van der Waals surface area contributed by atoms with Crippen LogP contribution in [0.1, 0.15) is 32.1 Å². The fourth-order valence-corrected chi connectivity index (χ4v) is 8.64. The predicted molar refractivity (Wildman–Crippen MR) is 168 cm³/mol. The van der Waals surface area contributed by atoms with Crippen LogP contribution in [0.4, 0.5) is 19.0 Å². The van der Waals surface area contributed by atoms with Crippen LogP contribution in [0.15, 0.2) is 36.5 Å². The smallest absolute Gasteiger partial charge is 0.319 e. The van der Waals surface area contributed by atoms with Gasteiger partial charge < -0.3 is 20.1 Å². The molecule has 5 atom stereocenters. The zero-order valence-electron chi connectivity index (χ0n) is 25.4. The van der Waals surface area contributed by atoms with E-state index in [9.17, 15) is 9.50 Å². The molecule has 0 spiro atoms. The van der Waals surface area contributed by atoms with Gasteiger partial charge in [-0.1, -0.05) is 12.1 Å². The van der Waals surface area contributed by atoms with Gasteiger partial charge in [0, 0.05) is 74.4 Å². The Kier molecular flexibility index (Phi) is 6.59. The lowest BCUT2D eigenvalue weighted by atomic mass is 9.95. The molecule has 5 fully saturated rings. The van der Waals surface area contributed by atoms with Gasteiger partial charge in [-0.2, -0.15) is 9.97 Å². The zero-order chi connectivity index (χ0) is 31.2. The Morgan fingerprint density at radius 1 is 1.09 bits per heavy atom. The third kappa shape index (κ3) is 4.67. The summed E-state index contributed by atoms with van der Waals surface area (Å²) in [6, 6.07) is 8.59. The number of anilines is 1. The molecule has 7 heterocycles. The molecule has 2 aromatic carbocycles. The lowest BCUT2D eigenvalue weighted by molar-refractivity contribution is 0.107. The maximum Gasteiger partial charge on any atom is 0.319 e. The lowest BCUT2D eigenvalue weighted by Crippen LogP contribution is -2.55. The number of piperazine rings is 1. The summed E-state index contributed by atoms with van der Waals surface area (Å²) >= 11 is 0. The number of halogens is 3. The normalized spacial score (nSPS) is 29.2. The number of phenols is 1. The summed E-state index contributed by atoms with van der Waals surface area (Å²) in [6.07, 6.45) is 5.03. The molecule has 46 heavy (non-hydrogen) atoms. The summed E-state index contributed by atoms with van der Waals surface area (Å²) in [5.74, 6) is -0.854. The Labute approximate surface area is 264 Å². The molecule has 12 heteroatoms. The number of pyridine rings is 1. The van der Waals surface area contributed by atoms with E-state index in [4.69, 9.17) is 9.72 Å². The molecule has 0 saturated carbocycles. The van der Waals surface area contributed by atoms with Crippen molar-refractivity contribution < 1.29 is 23.0 Å². The second-order valence-electron chi connectivity index (χ2n) is 13.8. The molecular weight excluding hydrogens is 595 g/mol. The number of aromatic hydroxyl groups is 1. The molecule has 9 nitrogen and oxygen atoms in total. The molecule has 2 aromatic heterocycles. The van der Waals surface area contributed by atoms with Gasteiger partial charge in [-0.15, -0.1) is 0 Å². The van der Waals surface area contributed by atoms with E-state index in [1.807, 2.05) is 0 Å². The van der Waals surface area contributed by atoms with Gasteiger partial charge in [0.25, 0.3) is 0 Å². The number of nitrogens with zero attached hydrogens (tertiary/aromatic N) is 6. The molecule has 0 amide bonds. The third-order valence-electron chi connectivity index (χ3n) is 10.9. The fourth-order valence-electron chi connectivity index (χ4n) is 8.64. The topological polar surface area (TPSA) is 99.8 Å². The van der Waals surface area contributed by atoms with Crippen LogP contribution in [0.2, 0.25) is 0 Å². The van der Waals surface area contributed by atoms with Crippen molar-refractivity contribution in [3.05, 3.63) is 48.2 Å². The average molecular weight is 632 g/mol. The van der Waals surface area contributed by atoms with E-state index in [0.29, 0.717) is 47.7 Å². The predicted octanol–water partition coefficient (Wildman–Crippen LogP) is 4.41. The number of ether oxygens (including phenoxy) is 1. The molecule has 4 aromatic rings. The van der Waals surface area contributed by atoms with Crippen LogP contribution in [0.5, 0.6) is 11.8 Å². The summed E-state index contributed by atoms with van der Waals surface area (Å²) < 4.78 is 52.7. The highest BCUT2D eigenvalue weighted by Crippen LogP contribution is 2.42. The molecule has 9 rings (SSSR count). The zero-order valence-corrected chi connectivity index (χ0v) is 25.4. The summed E-state index contributed by atoms with van der Waals surface area (Å²) in [6.45, 7) is 5.01. The van der Waals surface area contributed by atoms with E-state index >= 15 is 8.78 Å². The highest BCUT2D eigenvalue weighted by atomic mass is 19.1. The SMILES string of the molecule is Oc1cc(-c2ncc3c(N4C[C@H]5CC[C@@H](C4)N5C[C@@H]4CN4)nc(OC[C@@]45CCCN4C[C@H](F)C5)nc3c2F)c2c(F)cccc2c1. The standard InChI is InChI=1S/C34H36F3N7O2/c35-20-11-34(7-2-8-43(34)14-20)18-46-33-40-31-26(32(41-33)42-16-22-5-6-23(17-42)44(22)15-21-12-38-21)13-39-30(29(31)37)25-10-24(45)9-19-3-1-4-27(36)28(19)25/h1,3-4,9-10,13,20-23,38,45H,2,5-8,11-12,14-18H2/t20-,21+,22-,23+,34+/m1/s1. The summed E-state index contributed by atoms with van der Waals surface area (Å²) in [5, 5.41) is 14.9. The van der Waals surface area contributed by atoms with Crippen LogP contribution in [0.3, 0.4) is 0 Å². The van der Waals surface area contributed by atoms with Crippen molar-refractivity contribution in [2.45, 2.75) is 61.9 Å². The summed E-state index contributed by atoms with van der Waals surface area (Å²) in [7, 11) is 0. The molecular formula is C34H36F3N7O2. The van der Waals surface area contributed by atoms with Gasteiger partial charge >= 0.3 is 6.01 Å². The Morgan fingerprint density at radius 3 is 2.72 bits per heavy atom. The highest BCUT2D eigenvalue weighted by molar-refractivity contribution is 6.00. The van der Waals surface area contributed by atoms with Gasteiger partial charge in [0.2, 0.25) is 0 Å². The molecule has 240 valence electrons. The number of aromatic nitrogens is 3. The highest BCUT2D eigenvalue weighted by Gasteiger charge is 2.49. The Hall–Kier alpha value is -3.74. The van der Waals surface area contributed by atoms with Crippen LogP contribution in [-0.4, -0.2) is 106 Å². The molecule has 5 saturated heterocycles. The number of rotatable bonds is 7. The molecule has 2 N–H and O–H groups in total. The first-order valence-electron chi connectivity index (χ1n) is 16.4. The number of alkyl halides is 1. The van der Waals surface area contributed by atoms with E-state index < -0.39 is 23.3 Å². The van der Waals surface area contributed by atoms with Crippen LogP contribution < -0.4 is 15.0 Å². The van der Waals surface area contributed by atoms with Crippen LogP contribution >= 0.6 is 0 Å². The average Bonchev–Trinajstić information content (AvgIpc) is 3.63. The van der Waals surface area contributed by atoms with Gasteiger partial charge in [-0.25, -0.2) is 13.2 Å². The van der Waals surface area contributed by atoms with Crippen molar-refractivity contribution in [3.8, 4) is 23.0 Å². The van der Waals surface area contributed by atoms with E-state index in [-0.39, 0.29) is 40.5 Å². The van der Waals surface area contributed by atoms with Crippen molar-refractivity contribution in [2.24, 2.45) is 0 Å². The van der Waals surface area contributed by atoms with Crippen LogP contribution in [-0.2, 0) is 0 Å². The Morgan fingerprint density at radius 2 is 1.91 bits per heavy atom. The molecule has 0 unspecified atom stereocenters. The Balaban J connectivity index is 1.14. The minimum absolute atomic E-state index is 0.0188. The van der Waals surface area contributed by atoms with Gasteiger partial charge in [0.15, 0.2) is 5.82 Å². The maximum absolute atomic E-state index is 16.8. The van der Waals surface area contributed by atoms with Gasteiger partial charge in [0.1, 0.15) is 41.4 Å². The maximum atomic E-state index is 16.8. The first kappa shape index (κ1) is 28.5. The van der Waals surface area contributed by atoms with Crippen molar-refractivity contribution in [2.75, 3.05) is 50.8 Å².